The van der Waals surface area contributed by atoms with Crippen LogP contribution in [0.3, 0.4) is 0 Å². The molecule has 8 N–H and O–H groups in total. The predicted octanol–water partition coefficient (Wildman–Crippen LogP) is 1.87. The number of aliphatic carboxylic acids is 1. The van der Waals surface area contributed by atoms with E-state index in [-0.39, 0.29) is 16.7 Å². The van der Waals surface area contributed by atoms with Crippen molar-refractivity contribution in [3.8, 4) is 17.2 Å². The summed E-state index contributed by atoms with van der Waals surface area (Å²) < 4.78 is 39.9. The summed E-state index contributed by atoms with van der Waals surface area (Å²) in [6, 6.07) is 12.0. The van der Waals surface area contributed by atoms with Gasteiger partial charge in [0.25, 0.3) is 0 Å². The van der Waals surface area contributed by atoms with Crippen molar-refractivity contribution in [1.82, 2.24) is 5.32 Å². The number of para-hydroxylation sites is 2. The monoisotopic (exact) mass is 554 g/mol. The lowest BCUT2D eigenvalue weighted by Gasteiger charge is -2.16. The Kier molecular flexibility index (Phi) is 15.3. The first-order valence-corrected chi connectivity index (χ1v) is 14.0. The number of primary sulfonamides is 1. The lowest BCUT2D eigenvalue weighted by Crippen LogP contribution is -2.32. The highest BCUT2D eigenvalue weighted by Crippen LogP contribution is 2.26. The third-order valence-electron chi connectivity index (χ3n) is 5.36. The van der Waals surface area contributed by atoms with Crippen LogP contribution in [0.15, 0.2) is 47.4 Å². The van der Waals surface area contributed by atoms with Crippen molar-refractivity contribution in [2.75, 3.05) is 33.4 Å². The van der Waals surface area contributed by atoms with E-state index in [9.17, 15) is 13.2 Å². The smallest absolute Gasteiger partial charge is 0.320 e. The van der Waals surface area contributed by atoms with Gasteiger partial charge in [-0.05, 0) is 69.5 Å². The normalized spacial score (nSPS) is 12.6. The Labute approximate surface area is 225 Å². The minimum atomic E-state index is -3.84. The number of sulfonamides is 1. The zero-order valence-electron chi connectivity index (χ0n) is 22.4. The first-order chi connectivity index (χ1) is 18.0. The molecule has 0 spiro atoms. The molecule has 0 saturated heterocycles. The zero-order valence-corrected chi connectivity index (χ0v) is 23.2. The van der Waals surface area contributed by atoms with Crippen LogP contribution in [-0.2, 0) is 21.2 Å². The fourth-order valence-corrected chi connectivity index (χ4v) is 4.19. The molecule has 12 heteroatoms. The van der Waals surface area contributed by atoms with Crippen molar-refractivity contribution in [3.63, 3.8) is 0 Å². The van der Waals surface area contributed by atoms with E-state index in [1.54, 1.807) is 12.1 Å². The fourth-order valence-electron chi connectivity index (χ4n) is 3.44. The number of benzene rings is 2. The second kappa shape index (κ2) is 17.6. The molecule has 0 fully saturated rings. The van der Waals surface area contributed by atoms with Gasteiger partial charge in [-0.3, -0.25) is 4.79 Å². The quantitative estimate of drug-likeness (QED) is 0.192. The molecule has 0 aliphatic carbocycles. The molecule has 214 valence electrons. The number of ether oxygens (including phenoxy) is 3. The molecule has 1 unspecified atom stereocenters. The summed E-state index contributed by atoms with van der Waals surface area (Å²) in [7, 11) is -2.43. The first kappa shape index (κ1) is 33.1. The van der Waals surface area contributed by atoms with Crippen LogP contribution in [0.4, 0.5) is 0 Å². The molecule has 0 saturated carbocycles. The minimum Gasteiger partial charge on any atom is -0.495 e. The molecule has 0 heterocycles. The molecule has 2 aromatic carbocycles. The first-order valence-electron chi connectivity index (χ1n) is 12.5. The lowest BCUT2D eigenvalue weighted by molar-refractivity contribution is -0.138. The van der Waals surface area contributed by atoms with E-state index in [0.717, 1.165) is 24.2 Å². The van der Waals surface area contributed by atoms with Crippen LogP contribution in [0.25, 0.3) is 0 Å². The van der Waals surface area contributed by atoms with Crippen molar-refractivity contribution in [3.05, 3.63) is 48.0 Å². The van der Waals surface area contributed by atoms with E-state index >= 15 is 0 Å². The number of rotatable bonds is 16. The largest absolute Gasteiger partial charge is 0.495 e. The number of hydrogen-bond donors (Lipinski definition) is 5. The van der Waals surface area contributed by atoms with Crippen LogP contribution in [0.1, 0.15) is 38.7 Å². The third-order valence-corrected chi connectivity index (χ3v) is 6.30. The molecule has 2 aromatic rings. The number of carbonyl (C=O) groups is 1. The summed E-state index contributed by atoms with van der Waals surface area (Å²) in [5.74, 6) is 0.754. The number of carboxylic acid groups (broad SMARTS) is 1. The average molecular weight is 555 g/mol. The highest BCUT2D eigenvalue weighted by molar-refractivity contribution is 7.89. The van der Waals surface area contributed by atoms with Gasteiger partial charge in [-0.1, -0.05) is 24.6 Å². The van der Waals surface area contributed by atoms with Crippen molar-refractivity contribution < 1.29 is 32.5 Å². The van der Waals surface area contributed by atoms with Gasteiger partial charge in [0.2, 0.25) is 10.0 Å². The van der Waals surface area contributed by atoms with Crippen LogP contribution in [0, 0.1) is 0 Å². The number of nitrogens with two attached hydrogens (primary N) is 3. The van der Waals surface area contributed by atoms with Gasteiger partial charge in [0, 0.05) is 12.6 Å². The molecule has 2 rings (SSSR count). The second-order valence-corrected chi connectivity index (χ2v) is 10.1. The minimum absolute atomic E-state index is 0.00411. The highest BCUT2D eigenvalue weighted by atomic mass is 32.2. The maximum Gasteiger partial charge on any atom is 0.320 e. The van der Waals surface area contributed by atoms with Gasteiger partial charge in [-0.2, -0.15) is 0 Å². The SMILES string of the molecule is CCOc1ccccc1OCCN[C@H](C)Cc1ccc(OC)c(S(N)(=O)=O)c1.NCCCCC(N)C(=O)O. The number of carboxylic acids is 1. The van der Waals surface area contributed by atoms with E-state index in [2.05, 4.69) is 5.32 Å². The molecule has 0 bridgehead atoms. The summed E-state index contributed by atoms with van der Waals surface area (Å²) in [5, 5.41) is 17.0. The van der Waals surface area contributed by atoms with Gasteiger partial charge >= 0.3 is 5.97 Å². The van der Waals surface area contributed by atoms with Crippen LogP contribution < -0.4 is 36.1 Å². The molecule has 0 radical (unpaired) electrons. The van der Waals surface area contributed by atoms with Gasteiger partial charge in [-0.15, -0.1) is 0 Å². The van der Waals surface area contributed by atoms with Gasteiger partial charge in [0.15, 0.2) is 11.5 Å². The summed E-state index contributed by atoms with van der Waals surface area (Å²) in [5.41, 5.74) is 11.3. The second-order valence-electron chi connectivity index (χ2n) is 8.55. The van der Waals surface area contributed by atoms with E-state index in [1.165, 1.54) is 7.11 Å². The van der Waals surface area contributed by atoms with Crippen molar-refractivity contribution in [2.24, 2.45) is 16.6 Å². The van der Waals surface area contributed by atoms with E-state index in [4.69, 9.17) is 35.9 Å². The van der Waals surface area contributed by atoms with E-state index in [1.807, 2.05) is 44.2 Å². The standard InChI is InChI=1S/C20H28N2O5S.C6H14N2O2/c1-4-26-17-7-5-6-8-18(17)27-12-11-22-15(2)13-16-9-10-19(25-3)20(14-16)28(21,23)24;7-4-2-1-3-5(8)6(9)10/h5-10,14-15,22H,4,11-13H2,1-3H3,(H2,21,23,24);5H,1-4,7-8H2,(H,9,10)/t15-;/m1./s1. The maximum absolute atomic E-state index is 11.7. The Morgan fingerprint density at radius 2 is 1.74 bits per heavy atom. The van der Waals surface area contributed by atoms with Crippen molar-refractivity contribution in [2.45, 2.75) is 56.5 Å². The zero-order chi connectivity index (χ0) is 28.6. The van der Waals surface area contributed by atoms with Crippen LogP contribution in [0.5, 0.6) is 17.2 Å². The molecule has 38 heavy (non-hydrogen) atoms. The number of nitrogens with one attached hydrogen (secondary N) is 1. The molecule has 2 atom stereocenters. The average Bonchev–Trinajstić information content (AvgIpc) is 2.87. The number of unbranched alkanes of at least 4 members (excludes halogenated alkanes) is 1. The van der Waals surface area contributed by atoms with Crippen molar-refractivity contribution >= 4 is 16.0 Å². The van der Waals surface area contributed by atoms with Gasteiger partial charge in [0.05, 0.1) is 13.7 Å². The Morgan fingerprint density at radius 1 is 1.08 bits per heavy atom. The molecule has 0 aromatic heterocycles. The Morgan fingerprint density at radius 3 is 2.29 bits per heavy atom. The van der Waals surface area contributed by atoms with Crippen LogP contribution in [-0.4, -0.2) is 65.0 Å². The Hall–Kier alpha value is -2.90. The Balaban J connectivity index is 0.000000612. The summed E-state index contributed by atoms with van der Waals surface area (Å²) in [4.78, 5) is 10.1. The van der Waals surface area contributed by atoms with Crippen molar-refractivity contribution in [1.29, 1.82) is 0 Å². The lowest BCUT2D eigenvalue weighted by atomic mass is 10.1. The van der Waals surface area contributed by atoms with E-state index in [0.29, 0.717) is 44.9 Å². The Bertz CT molecular complexity index is 1080. The van der Waals surface area contributed by atoms with Gasteiger partial charge in [0.1, 0.15) is 23.3 Å². The molecule has 0 amide bonds. The maximum atomic E-state index is 11.7. The summed E-state index contributed by atoms with van der Waals surface area (Å²) in [6.07, 6.45) is 2.81. The molecule has 0 aliphatic rings. The number of hydrogen-bond acceptors (Lipinski definition) is 9. The molecule has 0 aliphatic heterocycles. The third kappa shape index (κ3) is 12.6. The summed E-state index contributed by atoms with van der Waals surface area (Å²) >= 11 is 0. The van der Waals surface area contributed by atoms with Gasteiger partial charge < -0.3 is 36.1 Å². The highest BCUT2D eigenvalue weighted by Gasteiger charge is 2.16. The van der Waals surface area contributed by atoms with Crippen LogP contribution >= 0.6 is 0 Å². The number of methoxy groups -OCH3 is 1. The van der Waals surface area contributed by atoms with Gasteiger partial charge in [-0.25, -0.2) is 13.6 Å². The molecule has 11 nitrogen and oxygen atoms in total. The molecular weight excluding hydrogens is 512 g/mol. The predicted molar refractivity (Wildman–Crippen MR) is 147 cm³/mol. The van der Waals surface area contributed by atoms with E-state index < -0.39 is 22.0 Å². The summed E-state index contributed by atoms with van der Waals surface area (Å²) in [6.45, 7) is 6.26. The fraction of sp³-hybridized carbons (Fsp3) is 0.500. The molecular formula is C26H42N4O7S. The van der Waals surface area contributed by atoms with Crippen LogP contribution in [0.2, 0.25) is 0 Å². The topological polar surface area (TPSA) is 189 Å².